The molecule has 100 valence electrons. The zero-order chi connectivity index (χ0) is 13.8. The number of unbranched alkanes of at least 4 members (excludes halogenated alkanes) is 1. The van der Waals surface area contributed by atoms with E-state index in [0.29, 0.717) is 17.8 Å². The van der Waals surface area contributed by atoms with E-state index in [2.05, 4.69) is 5.10 Å². The van der Waals surface area contributed by atoms with Crippen molar-refractivity contribution in [3.05, 3.63) is 41.8 Å². The van der Waals surface area contributed by atoms with Gasteiger partial charge in [0.1, 0.15) is 11.5 Å². The molecular weight excluding hydrogens is 247 g/mol. The van der Waals surface area contributed by atoms with Crippen LogP contribution in [0, 0.1) is 5.82 Å². The molecular formula is C14H15FN2O2. The normalized spacial score (nSPS) is 10.6. The Hall–Kier alpha value is -2.17. The highest BCUT2D eigenvalue weighted by atomic mass is 19.1. The van der Waals surface area contributed by atoms with Gasteiger partial charge in [-0.25, -0.2) is 9.18 Å². The van der Waals surface area contributed by atoms with Gasteiger partial charge >= 0.3 is 5.97 Å². The molecule has 0 spiro atoms. The molecule has 0 saturated heterocycles. The second-order valence-corrected chi connectivity index (χ2v) is 4.30. The third-order valence-corrected chi connectivity index (χ3v) is 2.86. The number of nitrogens with zero attached hydrogens (tertiary/aromatic N) is 2. The standard InChI is InChI=1S/C14H15FN2O2/c1-2-3-8-17-13(14(18)19)9-12(16-17)10-4-6-11(15)7-5-10/h4-7,9H,2-3,8H2,1H3,(H,18,19). The Morgan fingerprint density at radius 1 is 1.37 bits per heavy atom. The molecule has 19 heavy (non-hydrogen) atoms. The molecule has 0 fully saturated rings. The monoisotopic (exact) mass is 262 g/mol. The maximum Gasteiger partial charge on any atom is 0.354 e. The van der Waals surface area contributed by atoms with E-state index in [-0.39, 0.29) is 11.5 Å². The molecule has 1 heterocycles. The number of carbonyl (C=O) groups is 1. The van der Waals surface area contributed by atoms with Crippen LogP contribution in [0.2, 0.25) is 0 Å². The average Bonchev–Trinajstić information content (AvgIpc) is 2.81. The predicted molar refractivity (Wildman–Crippen MR) is 69.5 cm³/mol. The van der Waals surface area contributed by atoms with Crippen molar-refractivity contribution in [1.29, 1.82) is 0 Å². The molecule has 0 radical (unpaired) electrons. The Balaban J connectivity index is 2.36. The first-order valence-electron chi connectivity index (χ1n) is 6.19. The SMILES string of the molecule is CCCCn1nc(-c2ccc(F)cc2)cc1C(=O)O. The second-order valence-electron chi connectivity index (χ2n) is 4.30. The van der Waals surface area contributed by atoms with Gasteiger partial charge in [0.05, 0.1) is 5.69 Å². The van der Waals surface area contributed by atoms with Crippen LogP contribution in [-0.2, 0) is 6.54 Å². The third-order valence-electron chi connectivity index (χ3n) is 2.86. The first-order valence-corrected chi connectivity index (χ1v) is 6.19. The fourth-order valence-corrected chi connectivity index (χ4v) is 1.83. The van der Waals surface area contributed by atoms with Crippen LogP contribution < -0.4 is 0 Å². The molecule has 2 aromatic rings. The lowest BCUT2D eigenvalue weighted by Crippen LogP contribution is -2.09. The molecule has 0 bridgehead atoms. The van der Waals surface area contributed by atoms with Crippen molar-refractivity contribution >= 4 is 5.97 Å². The lowest BCUT2D eigenvalue weighted by atomic mass is 10.1. The van der Waals surface area contributed by atoms with Crippen LogP contribution in [0.3, 0.4) is 0 Å². The maximum atomic E-state index is 12.9. The van der Waals surface area contributed by atoms with Crippen molar-refractivity contribution in [1.82, 2.24) is 9.78 Å². The Kier molecular flexibility index (Phi) is 3.94. The summed E-state index contributed by atoms with van der Waals surface area (Å²) < 4.78 is 14.4. The summed E-state index contributed by atoms with van der Waals surface area (Å²) in [5.41, 5.74) is 1.42. The van der Waals surface area contributed by atoms with Crippen LogP contribution in [0.25, 0.3) is 11.3 Å². The molecule has 0 amide bonds. The van der Waals surface area contributed by atoms with Gasteiger partial charge in [-0.15, -0.1) is 0 Å². The maximum absolute atomic E-state index is 12.9. The third kappa shape index (κ3) is 2.99. The minimum Gasteiger partial charge on any atom is -0.477 e. The van der Waals surface area contributed by atoms with E-state index < -0.39 is 5.97 Å². The summed E-state index contributed by atoms with van der Waals surface area (Å²) in [6, 6.07) is 7.37. The first kappa shape index (κ1) is 13.3. The number of rotatable bonds is 5. The van der Waals surface area contributed by atoms with Gasteiger partial charge in [0.2, 0.25) is 0 Å². The number of halogens is 1. The van der Waals surface area contributed by atoms with Gasteiger partial charge in [-0.1, -0.05) is 13.3 Å². The summed E-state index contributed by atoms with van der Waals surface area (Å²) in [6.45, 7) is 2.60. The number of hydrogen-bond acceptors (Lipinski definition) is 2. The Labute approximate surface area is 110 Å². The smallest absolute Gasteiger partial charge is 0.354 e. The van der Waals surface area contributed by atoms with Crippen molar-refractivity contribution in [2.24, 2.45) is 0 Å². The van der Waals surface area contributed by atoms with Crippen molar-refractivity contribution in [3.8, 4) is 11.3 Å². The zero-order valence-electron chi connectivity index (χ0n) is 10.6. The van der Waals surface area contributed by atoms with Gasteiger partial charge < -0.3 is 5.11 Å². The highest BCUT2D eigenvalue weighted by molar-refractivity contribution is 5.87. The quantitative estimate of drug-likeness (QED) is 0.900. The fraction of sp³-hybridized carbons (Fsp3) is 0.286. The van der Waals surface area contributed by atoms with Crippen molar-refractivity contribution in [2.45, 2.75) is 26.3 Å². The summed E-state index contributed by atoms with van der Waals surface area (Å²) in [4.78, 5) is 11.2. The van der Waals surface area contributed by atoms with Crippen LogP contribution in [0.15, 0.2) is 30.3 Å². The average molecular weight is 262 g/mol. The molecule has 5 heteroatoms. The summed E-state index contributed by atoms with van der Waals surface area (Å²) in [5, 5.41) is 13.4. The van der Waals surface area contributed by atoms with E-state index in [1.807, 2.05) is 6.92 Å². The van der Waals surface area contributed by atoms with Gasteiger partial charge in [0, 0.05) is 12.1 Å². The van der Waals surface area contributed by atoms with Gasteiger partial charge in [-0.05, 0) is 36.8 Å². The van der Waals surface area contributed by atoms with Gasteiger partial charge in [0.15, 0.2) is 0 Å². The van der Waals surface area contributed by atoms with Crippen LogP contribution in [0.1, 0.15) is 30.3 Å². The number of benzene rings is 1. The van der Waals surface area contributed by atoms with Gasteiger partial charge in [-0.3, -0.25) is 4.68 Å². The molecule has 4 nitrogen and oxygen atoms in total. The lowest BCUT2D eigenvalue weighted by molar-refractivity contribution is 0.0683. The Morgan fingerprint density at radius 3 is 2.63 bits per heavy atom. The van der Waals surface area contributed by atoms with E-state index in [4.69, 9.17) is 5.11 Å². The van der Waals surface area contributed by atoms with Crippen LogP contribution in [-0.4, -0.2) is 20.9 Å². The lowest BCUT2D eigenvalue weighted by Gasteiger charge is -2.02. The van der Waals surface area contributed by atoms with Crippen LogP contribution in [0.4, 0.5) is 4.39 Å². The molecule has 0 atom stereocenters. The summed E-state index contributed by atoms with van der Waals surface area (Å²) >= 11 is 0. The Bertz CT molecular complexity index is 576. The highest BCUT2D eigenvalue weighted by Crippen LogP contribution is 2.20. The van der Waals surface area contributed by atoms with E-state index in [0.717, 1.165) is 12.8 Å². The molecule has 1 aromatic carbocycles. The zero-order valence-corrected chi connectivity index (χ0v) is 10.6. The van der Waals surface area contributed by atoms with Crippen molar-refractivity contribution in [2.75, 3.05) is 0 Å². The van der Waals surface area contributed by atoms with Gasteiger partial charge in [-0.2, -0.15) is 5.10 Å². The van der Waals surface area contributed by atoms with Crippen LogP contribution >= 0.6 is 0 Å². The minimum absolute atomic E-state index is 0.160. The van der Waals surface area contributed by atoms with Crippen LogP contribution in [0.5, 0.6) is 0 Å². The molecule has 0 saturated carbocycles. The number of hydrogen-bond donors (Lipinski definition) is 1. The highest BCUT2D eigenvalue weighted by Gasteiger charge is 2.14. The molecule has 2 rings (SSSR count). The topological polar surface area (TPSA) is 55.1 Å². The number of aryl methyl sites for hydroxylation is 1. The molecule has 1 N–H and O–H groups in total. The molecule has 0 aliphatic rings. The van der Waals surface area contributed by atoms with Crippen molar-refractivity contribution < 1.29 is 14.3 Å². The van der Waals surface area contributed by atoms with E-state index in [9.17, 15) is 9.18 Å². The molecule has 0 aliphatic heterocycles. The Morgan fingerprint density at radius 2 is 2.05 bits per heavy atom. The minimum atomic E-state index is -1.00. The summed E-state index contributed by atoms with van der Waals surface area (Å²) in [5.74, 6) is -1.33. The number of carboxylic acids is 1. The second kappa shape index (κ2) is 5.65. The molecule has 0 unspecified atom stereocenters. The fourth-order valence-electron chi connectivity index (χ4n) is 1.83. The summed E-state index contributed by atoms with van der Waals surface area (Å²) in [7, 11) is 0. The molecule has 1 aromatic heterocycles. The number of carboxylic acid groups (broad SMARTS) is 1. The van der Waals surface area contributed by atoms with E-state index >= 15 is 0 Å². The summed E-state index contributed by atoms with van der Waals surface area (Å²) in [6.07, 6.45) is 1.83. The predicted octanol–water partition coefficient (Wildman–Crippen LogP) is 3.19. The molecule has 0 aliphatic carbocycles. The van der Waals surface area contributed by atoms with E-state index in [1.54, 1.807) is 12.1 Å². The number of aromatic nitrogens is 2. The largest absolute Gasteiger partial charge is 0.477 e. The number of aromatic carboxylic acids is 1. The van der Waals surface area contributed by atoms with Gasteiger partial charge in [0.25, 0.3) is 0 Å². The van der Waals surface area contributed by atoms with E-state index in [1.165, 1.54) is 22.9 Å². The first-order chi connectivity index (χ1) is 9.11. The van der Waals surface area contributed by atoms with Crippen molar-refractivity contribution in [3.63, 3.8) is 0 Å².